The van der Waals surface area contributed by atoms with Gasteiger partial charge in [0.1, 0.15) is 0 Å². The van der Waals surface area contributed by atoms with Crippen molar-refractivity contribution in [3.8, 4) is 0 Å². The fourth-order valence-electron chi connectivity index (χ4n) is 3.14. The molecule has 1 nitrogen and oxygen atoms in total. The van der Waals surface area contributed by atoms with Gasteiger partial charge in [0.15, 0.2) is 0 Å². The highest BCUT2D eigenvalue weighted by Crippen LogP contribution is 2.33. The lowest BCUT2D eigenvalue weighted by atomic mass is 9.83. The van der Waals surface area contributed by atoms with Gasteiger partial charge in [-0.3, -0.25) is 0 Å². The molecule has 0 radical (unpaired) electrons. The first kappa shape index (κ1) is 16.3. The molecule has 0 aromatic heterocycles. The molecule has 1 atom stereocenters. The summed E-state index contributed by atoms with van der Waals surface area (Å²) in [4.78, 5) is 0. The highest BCUT2D eigenvalue weighted by Gasteiger charge is 2.20. The van der Waals surface area contributed by atoms with Gasteiger partial charge < -0.3 is 5.32 Å². The number of nitrogens with one attached hydrogen (secondary N) is 1. The molecule has 1 fully saturated rings. The molecule has 0 saturated heterocycles. The first-order valence-corrected chi connectivity index (χ1v) is 9.06. The minimum atomic E-state index is 0.448. The number of halogens is 2. The molecule has 1 aliphatic rings. The number of hydrogen-bond donors (Lipinski definition) is 1. The second-order valence-electron chi connectivity index (χ2n) is 5.92. The Hall–Kier alpha value is -0.0500. The third-order valence-corrected chi connectivity index (χ3v) is 5.51. The van der Waals surface area contributed by atoms with Crippen LogP contribution in [0.3, 0.4) is 0 Å². The van der Waals surface area contributed by atoms with E-state index in [0.717, 1.165) is 22.0 Å². The third-order valence-electron chi connectivity index (χ3n) is 4.28. The second-order valence-corrected chi connectivity index (χ2v) is 7.18. The van der Waals surface area contributed by atoms with Crippen LogP contribution in [0.15, 0.2) is 22.7 Å². The summed E-state index contributed by atoms with van der Waals surface area (Å²) < 4.78 is 0.981. The molecular formula is C17H25BrClN. The van der Waals surface area contributed by atoms with E-state index in [1.807, 2.05) is 0 Å². The van der Waals surface area contributed by atoms with Gasteiger partial charge in [0.25, 0.3) is 0 Å². The zero-order valence-corrected chi connectivity index (χ0v) is 14.6. The molecule has 112 valence electrons. The first-order chi connectivity index (χ1) is 9.70. The zero-order chi connectivity index (χ0) is 14.4. The van der Waals surface area contributed by atoms with Crippen LogP contribution in [0.4, 0.5) is 0 Å². The Morgan fingerprint density at radius 3 is 2.70 bits per heavy atom. The summed E-state index contributed by atoms with van der Waals surface area (Å²) in [6, 6.07) is 6.83. The molecule has 3 heteroatoms. The van der Waals surface area contributed by atoms with E-state index in [4.69, 9.17) is 11.6 Å². The van der Waals surface area contributed by atoms with Crippen LogP contribution < -0.4 is 5.32 Å². The highest BCUT2D eigenvalue weighted by atomic mass is 79.9. The fraction of sp³-hybridized carbons (Fsp3) is 0.647. The van der Waals surface area contributed by atoms with E-state index in [9.17, 15) is 0 Å². The average Bonchev–Trinajstić information content (AvgIpc) is 2.47. The van der Waals surface area contributed by atoms with Gasteiger partial charge >= 0.3 is 0 Å². The average molecular weight is 359 g/mol. The van der Waals surface area contributed by atoms with Gasteiger partial charge in [-0.15, -0.1) is 0 Å². The lowest BCUT2D eigenvalue weighted by molar-refractivity contribution is 0.300. The molecule has 2 rings (SSSR count). The minimum Gasteiger partial charge on any atom is -0.310 e. The molecule has 0 bridgehead atoms. The van der Waals surface area contributed by atoms with E-state index < -0.39 is 0 Å². The summed E-state index contributed by atoms with van der Waals surface area (Å²) in [6.45, 7) is 3.30. The Morgan fingerprint density at radius 1 is 1.30 bits per heavy atom. The predicted molar refractivity (Wildman–Crippen MR) is 91.4 cm³/mol. The van der Waals surface area contributed by atoms with Crippen molar-refractivity contribution in [3.63, 3.8) is 0 Å². The van der Waals surface area contributed by atoms with Gasteiger partial charge in [-0.1, -0.05) is 56.7 Å². The monoisotopic (exact) mass is 357 g/mol. The van der Waals surface area contributed by atoms with E-state index in [1.165, 1.54) is 50.5 Å². The Morgan fingerprint density at radius 2 is 2.05 bits per heavy atom. The van der Waals surface area contributed by atoms with E-state index in [1.54, 1.807) is 0 Å². The van der Waals surface area contributed by atoms with E-state index in [-0.39, 0.29) is 0 Å². The zero-order valence-electron chi connectivity index (χ0n) is 12.3. The van der Waals surface area contributed by atoms with Crippen molar-refractivity contribution in [1.82, 2.24) is 5.32 Å². The van der Waals surface area contributed by atoms with Crippen molar-refractivity contribution in [3.05, 3.63) is 33.3 Å². The van der Waals surface area contributed by atoms with Crippen molar-refractivity contribution in [1.29, 1.82) is 0 Å². The minimum absolute atomic E-state index is 0.448. The Balaban J connectivity index is 2.06. The molecule has 1 N–H and O–H groups in total. The molecule has 1 aromatic carbocycles. The van der Waals surface area contributed by atoms with Crippen LogP contribution in [0.5, 0.6) is 0 Å². The van der Waals surface area contributed by atoms with Crippen molar-refractivity contribution in [2.45, 2.75) is 57.9 Å². The largest absolute Gasteiger partial charge is 0.310 e. The summed E-state index contributed by atoms with van der Waals surface area (Å²) in [6.07, 6.45) is 9.46. The summed E-state index contributed by atoms with van der Waals surface area (Å²) in [5.41, 5.74) is 1.33. The van der Waals surface area contributed by atoms with Crippen molar-refractivity contribution in [2.75, 3.05) is 6.54 Å². The third kappa shape index (κ3) is 4.75. The van der Waals surface area contributed by atoms with Crippen LogP contribution in [0.2, 0.25) is 5.02 Å². The summed E-state index contributed by atoms with van der Waals surface area (Å²) in [7, 11) is 0. The SMILES string of the molecule is CCCNC(CC1CCCCC1)c1ccc(Br)c(Cl)c1. The smallest absolute Gasteiger partial charge is 0.0551 e. The molecule has 0 aliphatic heterocycles. The van der Waals surface area contributed by atoms with E-state index in [0.29, 0.717) is 6.04 Å². The van der Waals surface area contributed by atoms with Gasteiger partial charge in [-0.25, -0.2) is 0 Å². The number of rotatable bonds is 6. The molecule has 0 heterocycles. The lowest BCUT2D eigenvalue weighted by Crippen LogP contribution is -2.25. The molecule has 1 aliphatic carbocycles. The first-order valence-electron chi connectivity index (χ1n) is 7.89. The molecule has 1 unspecified atom stereocenters. The van der Waals surface area contributed by atoms with Crippen LogP contribution in [-0.4, -0.2) is 6.54 Å². The summed E-state index contributed by atoms with van der Waals surface area (Å²) in [5.74, 6) is 0.875. The molecule has 1 saturated carbocycles. The number of benzene rings is 1. The van der Waals surface area contributed by atoms with Crippen LogP contribution in [0.1, 0.15) is 63.5 Å². The van der Waals surface area contributed by atoms with Crippen LogP contribution in [0.25, 0.3) is 0 Å². The van der Waals surface area contributed by atoms with Gasteiger partial charge in [0, 0.05) is 10.5 Å². The summed E-state index contributed by atoms with van der Waals surface area (Å²) >= 11 is 9.74. The Bertz CT molecular complexity index is 415. The predicted octanol–water partition coefficient (Wildman–Crippen LogP) is 6.11. The standard InChI is InChI=1S/C17H25BrClN/c1-2-10-20-17(11-13-6-4-3-5-7-13)14-8-9-15(18)16(19)12-14/h8-9,12-13,17,20H,2-7,10-11H2,1H3. The van der Waals surface area contributed by atoms with Crippen molar-refractivity contribution >= 4 is 27.5 Å². The maximum atomic E-state index is 6.26. The number of hydrogen-bond acceptors (Lipinski definition) is 1. The maximum Gasteiger partial charge on any atom is 0.0551 e. The van der Waals surface area contributed by atoms with E-state index in [2.05, 4.69) is 46.4 Å². The maximum absolute atomic E-state index is 6.26. The Kier molecular flexibility index (Phi) is 6.86. The normalized spacial score (nSPS) is 18.1. The molecule has 20 heavy (non-hydrogen) atoms. The van der Waals surface area contributed by atoms with Gasteiger partial charge in [0.05, 0.1) is 5.02 Å². The van der Waals surface area contributed by atoms with Crippen molar-refractivity contribution in [2.24, 2.45) is 5.92 Å². The van der Waals surface area contributed by atoms with Gasteiger partial charge in [0.2, 0.25) is 0 Å². The fourth-order valence-corrected chi connectivity index (χ4v) is 3.58. The van der Waals surface area contributed by atoms with Crippen LogP contribution in [0, 0.1) is 5.92 Å². The lowest BCUT2D eigenvalue weighted by Gasteiger charge is -2.27. The topological polar surface area (TPSA) is 12.0 Å². The highest BCUT2D eigenvalue weighted by molar-refractivity contribution is 9.10. The second kappa shape index (κ2) is 8.41. The van der Waals surface area contributed by atoms with Gasteiger partial charge in [-0.2, -0.15) is 0 Å². The quantitative estimate of drug-likeness (QED) is 0.646. The molecule has 1 aromatic rings. The summed E-state index contributed by atoms with van der Waals surface area (Å²) in [5, 5.41) is 4.52. The van der Waals surface area contributed by atoms with E-state index >= 15 is 0 Å². The van der Waals surface area contributed by atoms with Crippen LogP contribution >= 0.6 is 27.5 Å². The molecular weight excluding hydrogens is 334 g/mol. The van der Waals surface area contributed by atoms with Crippen LogP contribution in [-0.2, 0) is 0 Å². The van der Waals surface area contributed by atoms with Gasteiger partial charge in [-0.05, 0) is 58.9 Å². The Labute approximate surface area is 136 Å². The molecule has 0 amide bonds. The molecule has 0 spiro atoms. The van der Waals surface area contributed by atoms with Crippen molar-refractivity contribution < 1.29 is 0 Å².